The number of piperazine rings is 1. The van der Waals surface area contributed by atoms with E-state index in [9.17, 15) is 4.79 Å². The molecule has 128 valence electrons. The van der Waals surface area contributed by atoms with Gasteiger partial charge in [0.15, 0.2) is 0 Å². The molecule has 0 spiro atoms. The lowest BCUT2D eigenvalue weighted by Gasteiger charge is -2.39. The molecular formula is C17H33N3O2. The van der Waals surface area contributed by atoms with E-state index in [4.69, 9.17) is 4.74 Å². The highest BCUT2D eigenvalue weighted by Gasteiger charge is 2.23. The first-order valence-electron chi connectivity index (χ1n) is 8.93. The van der Waals surface area contributed by atoms with Gasteiger partial charge >= 0.3 is 0 Å². The molecule has 5 nitrogen and oxygen atoms in total. The van der Waals surface area contributed by atoms with Crippen molar-refractivity contribution < 1.29 is 9.53 Å². The highest BCUT2D eigenvalue weighted by Crippen LogP contribution is 2.17. The van der Waals surface area contributed by atoms with Crippen molar-refractivity contribution in [3.05, 3.63) is 0 Å². The van der Waals surface area contributed by atoms with Crippen molar-refractivity contribution in [3.63, 3.8) is 0 Å². The number of hydrogen-bond acceptors (Lipinski definition) is 4. The summed E-state index contributed by atoms with van der Waals surface area (Å²) in [7, 11) is 1.76. The Morgan fingerprint density at radius 2 is 1.95 bits per heavy atom. The van der Waals surface area contributed by atoms with Crippen molar-refractivity contribution in [2.24, 2.45) is 0 Å². The quantitative estimate of drug-likeness (QED) is 0.773. The van der Waals surface area contributed by atoms with Crippen LogP contribution in [0.5, 0.6) is 0 Å². The third kappa shape index (κ3) is 5.86. The molecule has 22 heavy (non-hydrogen) atoms. The van der Waals surface area contributed by atoms with E-state index in [1.807, 2.05) is 0 Å². The van der Waals surface area contributed by atoms with E-state index in [0.717, 1.165) is 39.3 Å². The van der Waals surface area contributed by atoms with Crippen LogP contribution in [-0.2, 0) is 9.53 Å². The lowest BCUT2D eigenvalue weighted by Crippen LogP contribution is -2.53. The number of methoxy groups -OCH3 is 1. The second kappa shape index (κ2) is 9.48. The van der Waals surface area contributed by atoms with Crippen LogP contribution in [0.15, 0.2) is 0 Å². The minimum absolute atomic E-state index is 0.237. The molecule has 1 aliphatic carbocycles. The van der Waals surface area contributed by atoms with Gasteiger partial charge in [0.25, 0.3) is 0 Å². The second-order valence-corrected chi connectivity index (χ2v) is 6.83. The van der Waals surface area contributed by atoms with Crippen LogP contribution in [0.2, 0.25) is 0 Å². The molecule has 1 aliphatic heterocycles. The molecule has 1 amide bonds. The van der Waals surface area contributed by atoms with E-state index in [0.29, 0.717) is 18.5 Å². The molecule has 1 atom stereocenters. The molecule has 1 saturated heterocycles. The minimum atomic E-state index is 0.237. The molecule has 2 aliphatic rings. The predicted molar refractivity (Wildman–Crippen MR) is 89.0 cm³/mol. The molecule has 1 saturated carbocycles. The van der Waals surface area contributed by atoms with Gasteiger partial charge in [-0.1, -0.05) is 19.3 Å². The Bertz CT molecular complexity index is 332. The van der Waals surface area contributed by atoms with Crippen LogP contribution < -0.4 is 5.32 Å². The first-order chi connectivity index (χ1) is 10.7. The van der Waals surface area contributed by atoms with Crippen molar-refractivity contribution >= 4 is 5.91 Å². The lowest BCUT2D eigenvalue weighted by atomic mass is 9.95. The molecule has 2 rings (SSSR count). The maximum Gasteiger partial charge on any atom is 0.221 e. The second-order valence-electron chi connectivity index (χ2n) is 6.83. The van der Waals surface area contributed by atoms with Gasteiger partial charge in [-0.05, 0) is 19.8 Å². The van der Waals surface area contributed by atoms with Gasteiger partial charge in [0.1, 0.15) is 0 Å². The van der Waals surface area contributed by atoms with E-state index in [1.165, 1.54) is 32.1 Å². The van der Waals surface area contributed by atoms with Crippen LogP contribution in [0.25, 0.3) is 0 Å². The van der Waals surface area contributed by atoms with Crippen LogP contribution in [-0.4, -0.2) is 74.2 Å². The molecular weight excluding hydrogens is 278 g/mol. The van der Waals surface area contributed by atoms with E-state index in [-0.39, 0.29) is 5.91 Å². The fourth-order valence-electron chi connectivity index (χ4n) is 3.62. The highest BCUT2D eigenvalue weighted by molar-refractivity contribution is 5.76. The highest BCUT2D eigenvalue weighted by atomic mass is 16.5. The minimum Gasteiger partial charge on any atom is -0.383 e. The molecule has 5 heteroatoms. The molecule has 1 heterocycles. The largest absolute Gasteiger partial charge is 0.383 e. The van der Waals surface area contributed by atoms with Crippen LogP contribution in [0.3, 0.4) is 0 Å². The molecule has 1 N–H and O–H groups in total. The molecule has 0 unspecified atom stereocenters. The van der Waals surface area contributed by atoms with Crippen molar-refractivity contribution in [2.45, 2.75) is 57.5 Å². The number of rotatable bonds is 7. The Kier molecular flexibility index (Phi) is 7.63. The molecule has 0 radical (unpaired) electrons. The zero-order chi connectivity index (χ0) is 15.8. The third-order valence-electron chi connectivity index (χ3n) is 5.06. The Balaban J connectivity index is 1.61. The Hall–Kier alpha value is -0.650. The normalized spacial score (nSPS) is 25.3. The maximum atomic E-state index is 12.1. The summed E-state index contributed by atoms with van der Waals surface area (Å²) in [5, 5.41) is 3.21. The Morgan fingerprint density at radius 1 is 1.18 bits per heavy atom. The predicted octanol–water partition coefficient (Wildman–Crippen LogP) is 1.48. The van der Waals surface area contributed by atoms with Gasteiger partial charge in [-0.2, -0.15) is 0 Å². The fourth-order valence-corrected chi connectivity index (χ4v) is 3.62. The third-order valence-corrected chi connectivity index (χ3v) is 5.06. The summed E-state index contributed by atoms with van der Waals surface area (Å²) >= 11 is 0. The average molecular weight is 311 g/mol. The zero-order valence-corrected chi connectivity index (χ0v) is 14.4. The van der Waals surface area contributed by atoms with Crippen molar-refractivity contribution in [1.29, 1.82) is 0 Å². The van der Waals surface area contributed by atoms with E-state index in [2.05, 4.69) is 22.0 Å². The van der Waals surface area contributed by atoms with Crippen LogP contribution in [0.4, 0.5) is 0 Å². The summed E-state index contributed by atoms with van der Waals surface area (Å²) < 4.78 is 5.16. The first-order valence-corrected chi connectivity index (χ1v) is 8.93. The number of hydrogen-bond donors (Lipinski definition) is 1. The molecule has 0 aromatic rings. The topological polar surface area (TPSA) is 44.8 Å². The summed E-state index contributed by atoms with van der Waals surface area (Å²) in [6.45, 7) is 8.16. The van der Waals surface area contributed by atoms with Crippen molar-refractivity contribution in [2.75, 3.05) is 46.4 Å². The summed E-state index contributed by atoms with van der Waals surface area (Å²) in [5.74, 6) is 0.237. The van der Waals surface area contributed by atoms with Gasteiger partial charge in [-0.3, -0.25) is 9.69 Å². The number of carbonyl (C=O) groups is 1. The van der Waals surface area contributed by atoms with Gasteiger partial charge < -0.3 is 15.0 Å². The molecule has 0 aromatic heterocycles. The SMILES string of the molecule is COCCN1CCN(CCC(=O)NC2CCCCC2)C[C@@H]1C. The monoisotopic (exact) mass is 311 g/mol. The summed E-state index contributed by atoms with van der Waals surface area (Å²) in [6.07, 6.45) is 6.85. The number of carbonyl (C=O) groups excluding carboxylic acids is 1. The van der Waals surface area contributed by atoms with Crippen LogP contribution in [0, 0.1) is 0 Å². The zero-order valence-electron chi connectivity index (χ0n) is 14.4. The van der Waals surface area contributed by atoms with Crippen molar-refractivity contribution in [1.82, 2.24) is 15.1 Å². The fraction of sp³-hybridized carbons (Fsp3) is 0.941. The van der Waals surface area contributed by atoms with Crippen LogP contribution >= 0.6 is 0 Å². The standard InChI is InChI=1S/C17H33N3O2/c1-15-14-19(10-11-20(15)12-13-22-2)9-8-17(21)18-16-6-4-3-5-7-16/h15-16H,3-14H2,1-2H3,(H,18,21)/t15-/m0/s1. The van der Waals surface area contributed by atoms with Gasteiger partial charge in [-0.15, -0.1) is 0 Å². The number of nitrogens with zero attached hydrogens (tertiary/aromatic N) is 2. The van der Waals surface area contributed by atoms with E-state index >= 15 is 0 Å². The number of ether oxygens (including phenoxy) is 1. The maximum absolute atomic E-state index is 12.1. The summed E-state index contributed by atoms with van der Waals surface area (Å²) in [4.78, 5) is 17.0. The summed E-state index contributed by atoms with van der Waals surface area (Å²) in [5.41, 5.74) is 0. The van der Waals surface area contributed by atoms with Gasteiger partial charge in [0, 0.05) is 58.3 Å². The summed E-state index contributed by atoms with van der Waals surface area (Å²) in [6, 6.07) is 0.983. The van der Waals surface area contributed by atoms with Crippen molar-refractivity contribution in [3.8, 4) is 0 Å². The lowest BCUT2D eigenvalue weighted by molar-refractivity contribution is -0.122. The van der Waals surface area contributed by atoms with Gasteiger partial charge in [0.05, 0.1) is 6.61 Å². The van der Waals surface area contributed by atoms with Gasteiger partial charge in [0.2, 0.25) is 5.91 Å². The molecule has 0 bridgehead atoms. The molecule has 2 fully saturated rings. The Morgan fingerprint density at radius 3 is 2.64 bits per heavy atom. The number of nitrogens with one attached hydrogen (secondary N) is 1. The smallest absolute Gasteiger partial charge is 0.221 e. The van der Waals surface area contributed by atoms with E-state index < -0.39 is 0 Å². The average Bonchev–Trinajstić information content (AvgIpc) is 2.53. The van der Waals surface area contributed by atoms with Gasteiger partial charge in [-0.25, -0.2) is 0 Å². The first kappa shape index (κ1) is 17.7. The van der Waals surface area contributed by atoms with E-state index in [1.54, 1.807) is 7.11 Å². The van der Waals surface area contributed by atoms with Crippen LogP contribution in [0.1, 0.15) is 45.4 Å². The Labute approximate surface area is 135 Å². The number of amides is 1. The molecule has 0 aromatic carbocycles.